The van der Waals surface area contributed by atoms with E-state index in [1.165, 1.54) is 6.08 Å². The van der Waals surface area contributed by atoms with Crippen molar-refractivity contribution in [3.63, 3.8) is 0 Å². The quantitative estimate of drug-likeness (QED) is 0.645. The molecular formula is C20H26N2O5. The highest BCUT2D eigenvalue weighted by atomic mass is 16.6. The average Bonchev–Trinajstić information content (AvgIpc) is 2.57. The lowest BCUT2D eigenvalue weighted by Crippen LogP contribution is -2.51. The summed E-state index contributed by atoms with van der Waals surface area (Å²) in [6.45, 7) is 9.38. The van der Waals surface area contributed by atoms with Gasteiger partial charge >= 0.3 is 12.1 Å². The summed E-state index contributed by atoms with van der Waals surface area (Å²) in [5.74, 6) is -0.862. The summed E-state index contributed by atoms with van der Waals surface area (Å²) >= 11 is 0. The molecule has 0 bridgehead atoms. The Morgan fingerprint density at radius 3 is 2.56 bits per heavy atom. The summed E-state index contributed by atoms with van der Waals surface area (Å²) in [4.78, 5) is 36.8. The predicted octanol–water partition coefficient (Wildman–Crippen LogP) is 3.44. The normalized spacial score (nSPS) is 14.3. The van der Waals surface area contributed by atoms with Gasteiger partial charge in [0.05, 0.1) is 18.7 Å². The van der Waals surface area contributed by atoms with Crippen molar-refractivity contribution in [2.45, 2.75) is 53.2 Å². The van der Waals surface area contributed by atoms with Crippen molar-refractivity contribution in [3.05, 3.63) is 41.0 Å². The topological polar surface area (TPSA) is 84.9 Å². The molecule has 0 fully saturated rings. The zero-order valence-electron chi connectivity index (χ0n) is 16.4. The van der Waals surface area contributed by atoms with E-state index in [4.69, 9.17) is 9.47 Å². The molecule has 0 saturated carbocycles. The number of ether oxygens (including phenoxy) is 2. The minimum Gasteiger partial charge on any atom is -0.463 e. The molecular weight excluding hydrogens is 348 g/mol. The van der Waals surface area contributed by atoms with Crippen LogP contribution in [0, 0.1) is 0 Å². The molecule has 7 heteroatoms. The number of amides is 2. The van der Waals surface area contributed by atoms with Gasteiger partial charge < -0.3 is 9.47 Å². The van der Waals surface area contributed by atoms with Crippen LogP contribution in [-0.4, -0.2) is 35.2 Å². The number of carbonyl (C=O) groups is 3. The maximum Gasteiger partial charge on any atom is 0.429 e. The van der Waals surface area contributed by atoms with Gasteiger partial charge in [-0.2, -0.15) is 0 Å². The molecule has 1 aromatic carbocycles. The van der Waals surface area contributed by atoms with Crippen LogP contribution in [0.1, 0.15) is 62.5 Å². The van der Waals surface area contributed by atoms with Gasteiger partial charge in [0.2, 0.25) is 0 Å². The second kappa shape index (κ2) is 8.24. The predicted molar refractivity (Wildman–Crippen MR) is 101 cm³/mol. The molecule has 0 atom stereocenters. The molecule has 0 aliphatic carbocycles. The number of hydrogen-bond donors (Lipinski definition) is 1. The number of benzene rings is 1. The van der Waals surface area contributed by atoms with Gasteiger partial charge in [-0.1, -0.05) is 25.1 Å². The molecule has 0 unspecified atom stereocenters. The molecule has 1 aromatic rings. The lowest BCUT2D eigenvalue weighted by Gasteiger charge is -2.32. The summed E-state index contributed by atoms with van der Waals surface area (Å²) in [6, 6.07) is 5.37. The molecule has 1 aliphatic rings. The Morgan fingerprint density at radius 1 is 1.26 bits per heavy atom. The van der Waals surface area contributed by atoms with E-state index in [9.17, 15) is 14.4 Å². The van der Waals surface area contributed by atoms with Crippen LogP contribution in [0.5, 0.6) is 0 Å². The minimum atomic E-state index is -0.665. The zero-order chi connectivity index (χ0) is 20.2. The van der Waals surface area contributed by atoms with E-state index in [1.54, 1.807) is 45.9 Å². The summed E-state index contributed by atoms with van der Waals surface area (Å²) in [5.41, 5.74) is 4.40. The van der Waals surface area contributed by atoms with E-state index in [2.05, 4.69) is 5.43 Å². The van der Waals surface area contributed by atoms with Gasteiger partial charge in [-0.3, -0.25) is 10.2 Å². The van der Waals surface area contributed by atoms with Crippen LogP contribution in [0.3, 0.4) is 0 Å². The van der Waals surface area contributed by atoms with Crippen LogP contribution in [0.2, 0.25) is 0 Å². The van der Waals surface area contributed by atoms with Gasteiger partial charge in [-0.05, 0) is 50.8 Å². The van der Waals surface area contributed by atoms with Crippen LogP contribution in [-0.2, 0) is 20.8 Å². The van der Waals surface area contributed by atoms with E-state index in [1.807, 2.05) is 6.92 Å². The van der Waals surface area contributed by atoms with Gasteiger partial charge in [0.25, 0.3) is 5.91 Å². The van der Waals surface area contributed by atoms with E-state index in [0.29, 0.717) is 28.7 Å². The van der Waals surface area contributed by atoms with Gasteiger partial charge in [0, 0.05) is 6.08 Å². The van der Waals surface area contributed by atoms with Crippen molar-refractivity contribution in [2.75, 3.05) is 6.61 Å². The van der Waals surface area contributed by atoms with Crippen molar-refractivity contribution in [2.24, 2.45) is 0 Å². The number of rotatable bonds is 4. The highest BCUT2D eigenvalue weighted by molar-refractivity contribution is 6.03. The molecule has 2 rings (SSSR count). The summed E-state index contributed by atoms with van der Waals surface area (Å²) < 4.78 is 10.3. The lowest BCUT2D eigenvalue weighted by molar-refractivity contribution is -0.137. The molecule has 1 heterocycles. The first kappa shape index (κ1) is 20.5. The third-order valence-electron chi connectivity index (χ3n) is 3.86. The van der Waals surface area contributed by atoms with Crippen LogP contribution < -0.4 is 5.43 Å². The number of nitrogens with one attached hydrogen (secondary N) is 1. The number of nitrogens with zero attached hydrogens (tertiary/aromatic N) is 1. The van der Waals surface area contributed by atoms with Crippen molar-refractivity contribution >= 4 is 23.5 Å². The summed E-state index contributed by atoms with van der Waals surface area (Å²) in [6.07, 6.45) is 1.34. The molecule has 0 spiro atoms. The summed E-state index contributed by atoms with van der Waals surface area (Å²) in [5, 5.41) is 1.15. The lowest BCUT2D eigenvalue weighted by atomic mass is 9.92. The smallest absolute Gasteiger partial charge is 0.429 e. The van der Waals surface area contributed by atoms with Gasteiger partial charge in [0.1, 0.15) is 5.60 Å². The number of fused-ring (bicyclic) bond motifs is 1. The molecule has 1 N–H and O–H groups in total. The number of esters is 1. The molecule has 0 saturated heterocycles. The van der Waals surface area contributed by atoms with Gasteiger partial charge in [-0.15, -0.1) is 0 Å². The second-order valence-electron chi connectivity index (χ2n) is 7.12. The Hall–Kier alpha value is -2.83. The first-order chi connectivity index (χ1) is 12.7. The van der Waals surface area contributed by atoms with Crippen molar-refractivity contribution in [1.82, 2.24) is 10.4 Å². The van der Waals surface area contributed by atoms with Gasteiger partial charge in [0.15, 0.2) is 0 Å². The maximum absolute atomic E-state index is 12.7. The zero-order valence-corrected chi connectivity index (χ0v) is 16.4. The minimum absolute atomic E-state index is 0.181. The SMILES string of the molecule is CCOC(=O)/C=C(\CC)c1cccc2c1C(=O)NN(C(=O)OC(C)(C)C)C2. The van der Waals surface area contributed by atoms with Crippen molar-refractivity contribution < 1.29 is 23.9 Å². The molecule has 0 aromatic heterocycles. The van der Waals surface area contributed by atoms with Crippen LogP contribution in [0.4, 0.5) is 4.79 Å². The fourth-order valence-electron chi connectivity index (χ4n) is 2.78. The Morgan fingerprint density at radius 2 is 1.96 bits per heavy atom. The molecule has 1 aliphatic heterocycles. The number of allylic oxidation sites excluding steroid dienone is 1. The second-order valence-corrected chi connectivity index (χ2v) is 7.12. The first-order valence-electron chi connectivity index (χ1n) is 8.97. The summed E-state index contributed by atoms with van der Waals surface area (Å²) in [7, 11) is 0. The van der Waals surface area contributed by atoms with E-state index in [0.717, 1.165) is 5.01 Å². The molecule has 2 amide bonds. The number of carbonyl (C=O) groups excluding carboxylic acids is 3. The maximum atomic E-state index is 12.7. The fraction of sp³-hybridized carbons (Fsp3) is 0.450. The highest BCUT2D eigenvalue weighted by Gasteiger charge is 2.31. The first-order valence-corrected chi connectivity index (χ1v) is 8.97. The largest absolute Gasteiger partial charge is 0.463 e. The number of hydrazine groups is 1. The molecule has 0 radical (unpaired) electrons. The molecule has 146 valence electrons. The standard InChI is InChI=1S/C20H26N2O5/c1-6-13(11-16(23)26-7-2)15-10-8-9-14-12-22(21-18(24)17(14)15)19(25)27-20(3,4)5/h8-11H,6-7,12H2,1-5H3,(H,21,24)/b13-11+. The van der Waals surface area contributed by atoms with Crippen LogP contribution >= 0.6 is 0 Å². The Balaban J connectivity index is 2.36. The number of hydrogen-bond acceptors (Lipinski definition) is 5. The van der Waals surface area contributed by atoms with E-state index >= 15 is 0 Å². The molecule has 27 heavy (non-hydrogen) atoms. The Labute approximate surface area is 159 Å². The monoisotopic (exact) mass is 374 g/mol. The van der Waals surface area contributed by atoms with Crippen molar-refractivity contribution in [3.8, 4) is 0 Å². The average molecular weight is 374 g/mol. The highest BCUT2D eigenvalue weighted by Crippen LogP contribution is 2.28. The Bertz CT molecular complexity index is 777. The van der Waals surface area contributed by atoms with Crippen molar-refractivity contribution in [1.29, 1.82) is 0 Å². The third-order valence-corrected chi connectivity index (χ3v) is 3.86. The Kier molecular flexibility index (Phi) is 6.25. The van der Waals surface area contributed by atoms with E-state index < -0.39 is 23.6 Å². The van der Waals surface area contributed by atoms with Crippen LogP contribution in [0.15, 0.2) is 24.3 Å². The van der Waals surface area contributed by atoms with Gasteiger partial charge in [-0.25, -0.2) is 14.6 Å². The third kappa shape index (κ3) is 5.09. The fourth-order valence-corrected chi connectivity index (χ4v) is 2.78. The van der Waals surface area contributed by atoms with E-state index in [-0.39, 0.29) is 13.2 Å². The van der Waals surface area contributed by atoms with Crippen LogP contribution in [0.25, 0.3) is 5.57 Å². The molecule has 7 nitrogen and oxygen atoms in total.